The lowest BCUT2D eigenvalue weighted by Crippen LogP contribution is -2.47. The molecule has 25 heavy (non-hydrogen) atoms. The monoisotopic (exact) mass is 340 g/mol. The summed E-state index contributed by atoms with van der Waals surface area (Å²) in [6.07, 6.45) is 1.47. The van der Waals surface area contributed by atoms with Gasteiger partial charge in [0.2, 0.25) is 5.91 Å². The van der Waals surface area contributed by atoms with Crippen molar-refractivity contribution < 1.29 is 19.1 Å². The Morgan fingerprint density at radius 3 is 2.24 bits per heavy atom. The van der Waals surface area contributed by atoms with Crippen LogP contribution in [0.2, 0.25) is 0 Å². The fourth-order valence-electron chi connectivity index (χ4n) is 3.25. The predicted octanol–water partition coefficient (Wildman–Crippen LogP) is 0.215. The molecule has 6 nitrogen and oxygen atoms in total. The van der Waals surface area contributed by atoms with Crippen molar-refractivity contribution in [3.8, 4) is 11.8 Å². The third-order valence-corrected chi connectivity index (χ3v) is 4.74. The molecule has 2 heterocycles. The van der Waals surface area contributed by atoms with Crippen molar-refractivity contribution in [3.63, 3.8) is 0 Å². The first kappa shape index (κ1) is 16.1. The summed E-state index contributed by atoms with van der Waals surface area (Å²) in [4.78, 5) is 24.0. The van der Waals surface area contributed by atoms with Gasteiger partial charge in [-0.2, -0.15) is 0 Å². The molecule has 2 N–H and O–H groups in total. The van der Waals surface area contributed by atoms with Crippen LogP contribution in [-0.4, -0.2) is 49.3 Å². The fourth-order valence-corrected chi connectivity index (χ4v) is 3.25. The average Bonchev–Trinajstić information content (AvgIpc) is 3.30. The van der Waals surface area contributed by atoms with Crippen molar-refractivity contribution in [2.24, 2.45) is 5.92 Å². The Balaban J connectivity index is 1.32. The third-order valence-electron chi connectivity index (χ3n) is 4.74. The van der Waals surface area contributed by atoms with Gasteiger partial charge in [-0.1, -0.05) is 24.1 Å². The maximum absolute atomic E-state index is 12.1. The summed E-state index contributed by atoms with van der Waals surface area (Å²) in [6.45, 7) is 0.778. The van der Waals surface area contributed by atoms with E-state index in [1.165, 1.54) is 0 Å². The molecule has 2 saturated heterocycles. The van der Waals surface area contributed by atoms with Gasteiger partial charge < -0.3 is 20.1 Å². The first-order valence-electron chi connectivity index (χ1n) is 8.62. The zero-order valence-corrected chi connectivity index (χ0v) is 13.7. The van der Waals surface area contributed by atoms with Crippen LogP contribution >= 0.6 is 0 Å². The van der Waals surface area contributed by atoms with Gasteiger partial charge in [-0.25, -0.2) is 0 Å². The molecule has 1 aliphatic carbocycles. The van der Waals surface area contributed by atoms with Crippen LogP contribution in [0.5, 0.6) is 0 Å². The summed E-state index contributed by atoms with van der Waals surface area (Å²) in [7, 11) is 0. The molecule has 0 spiro atoms. The first-order valence-corrected chi connectivity index (χ1v) is 8.62. The second kappa shape index (κ2) is 6.87. The summed E-state index contributed by atoms with van der Waals surface area (Å²) in [5.74, 6) is 5.31. The number of carbonyl (C=O) groups is 2. The minimum Gasteiger partial charge on any atom is -0.371 e. The maximum atomic E-state index is 12.1. The number of hydrogen-bond acceptors (Lipinski definition) is 4. The lowest BCUT2D eigenvalue weighted by molar-refractivity contribution is -0.123. The minimum atomic E-state index is -0.354. The molecule has 2 aliphatic heterocycles. The minimum absolute atomic E-state index is 0.0825. The summed E-state index contributed by atoms with van der Waals surface area (Å²) >= 11 is 0. The highest BCUT2D eigenvalue weighted by Gasteiger charge is 2.49. The normalized spacial score (nSPS) is 30.1. The van der Waals surface area contributed by atoms with E-state index in [0.29, 0.717) is 13.2 Å². The largest absolute Gasteiger partial charge is 0.371 e. The maximum Gasteiger partial charge on any atom is 0.296 e. The highest BCUT2D eigenvalue weighted by Crippen LogP contribution is 2.31. The van der Waals surface area contributed by atoms with E-state index < -0.39 is 0 Å². The Bertz CT molecular complexity index is 720. The van der Waals surface area contributed by atoms with Crippen LogP contribution in [0.3, 0.4) is 0 Å². The molecule has 2 amide bonds. The Kier molecular flexibility index (Phi) is 4.43. The fraction of sp³-hybridized carbons (Fsp3) is 0.474. The third kappa shape index (κ3) is 3.68. The number of amides is 2. The van der Waals surface area contributed by atoms with Crippen LogP contribution in [-0.2, 0) is 19.1 Å². The van der Waals surface area contributed by atoms with Gasteiger partial charge in [0, 0.05) is 17.4 Å². The van der Waals surface area contributed by atoms with Crippen LogP contribution in [0, 0.1) is 17.8 Å². The lowest BCUT2D eigenvalue weighted by atomic mass is 10.1. The van der Waals surface area contributed by atoms with Crippen LogP contribution in [0.4, 0.5) is 0 Å². The summed E-state index contributed by atoms with van der Waals surface area (Å²) in [5.41, 5.74) is 0.790. The molecule has 3 fully saturated rings. The molecule has 1 saturated carbocycles. The topological polar surface area (TPSA) is 76.7 Å². The van der Waals surface area contributed by atoms with Crippen LogP contribution in [0.25, 0.3) is 0 Å². The number of fused-ring (bicyclic) bond motifs is 1. The summed E-state index contributed by atoms with van der Waals surface area (Å²) in [5, 5.41) is 5.86. The molecule has 0 unspecified atom stereocenters. The van der Waals surface area contributed by atoms with E-state index in [0.717, 1.165) is 18.4 Å². The van der Waals surface area contributed by atoms with Crippen molar-refractivity contribution in [3.05, 3.63) is 35.9 Å². The molecule has 1 aromatic carbocycles. The standard InChI is InChI=1S/C19H20N2O4/c22-16(9-6-12-4-2-1-3-5-12)20-14-10-24-18-15(11-25-17(14)18)21-19(23)13-7-8-13/h1-5,13-15,17-18H,7-8,10-11H2,(H,20,22)(H,21,23)/t14-,15-,17+,18+/m0/s1. The summed E-state index contributed by atoms with van der Waals surface area (Å²) < 4.78 is 11.5. The van der Waals surface area contributed by atoms with Gasteiger partial charge in [0.25, 0.3) is 5.91 Å². The van der Waals surface area contributed by atoms with Gasteiger partial charge in [0.05, 0.1) is 25.3 Å². The Morgan fingerprint density at radius 2 is 1.60 bits per heavy atom. The van der Waals surface area contributed by atoms with E-state index in [2.05, 4.69) is 22.5 Å². The Labute approximate surface area is 146 Å². The van der Waals surface area contributed by atoms with Gasteiger partial charge >= 0.3 is 0 Å². The molecule has 1 aromatic rings. The van der Waals surface area contributed by atoms with Gasteiger partial charge in [0.1, 0.15) is 12.2 Å². The molecule has 3 aliphatic rings. The van der Waals surface area contributed by atoms with Crippen molar-refractivity contribution in [2.45, 2.75) is 37.1 Å². The molecular weight excluding hydrogens is 320 g/mol. The molecule has 4 atom stereocenters. The smallest absolute Gasteiger partial charge is 0.296 e. The van der Waals surface area contributed by atoms with E-state index in [1.54, 1.807) is 0 Å². The van der Waals surface area contributed by atoms with E-state index in [4.69, 9.17) is 9.47 Å². The highest BCUT2D eigenvalue weighted by atomic mass is 16.6. The second-order valence-electron chi connectivity index (χ2n) is 6.68. The van der Waals surface area contributed by atoms with E-state index in [-0.39, 0.29) is 42.0 Å². The average molecular weight is 340 g/mol. The molecule has 6 heteroatoms. The number of carbonyl (C=O) groups excluding carboxylic acids is 2. The van der Waals surface area contributed by atoms with Crippen LogP contribution in [0.15, 0.2) is 30.3 Å². The molecule has 0 radical (unpaired) electrons. The number of benzene rings is 1. The second-order valence-corrected chi connectivity index (χ2v) is 6.68. The predicted molar refractivity (Wildman–Crippen MR) is 89.4 cm³/mol. The molecule has 0 aromatic heterocycles. The van der Waals surface area contributed by atoms with Crippen LogP contribution < -0.4 is 10.6 Å². The molecule has 4 rings (SSSR count). The van der Waals surface area contributed by atoms with E-state index in [1.807, 2.05) is 30.3 Å². The zero-order chi connectivity index (χ0) is 17.2. The quantitative estimate of drug-likeness (QED) is 0.772. The van der Waals surface area contributed by atoms with Gasteiger partial charge in [-0.15, -0.1) is 0 Å². The van der Waals surface area contributed by atoms with E-state index in [9.17, 15) is 9.59 Å². The first-order chi connectivity index (χ1) is 12.2. The SMILES string of the molecule is O=C(C#Cc1ccccc1)N[C@H]1CO[C@H]2[C@@H]1OC[C@@H]2NC(=O)C1CC1. The van der Waals surface area contributed by atoms with Crippen molar-refractivity contribution >= 4 is 11.8 Å². The molecular formula is C19H20N2O4. The zero-order valence-electron chi connectivity index (χ0n) is 13.7. The lowest BCUT2D eigenvalue weighted by Gasteiger charge is -2.17. The summed E-state index contributed by atoms with van der Waals surface area (Å²) in [6, 6.07) is 8.96. The molecule has 0 bridgehead atoms. The van der Waals surface area contributed by atoms with Gasteiger partial charge in [-0.3, -0.25) is 9.59 Å². The van der Waals surface area contributed by atoms with E-state index >= 15 is 0 Å². The van der Waals surface area contributed by atoms with Crippen molar-refractivity contribution in [2.75, 3.05) is 13.2 Å². The van der Waals surface area contributed by atoms with Crippen molar-refractivity contribution in [1.29, 1.82) is 0 Å². The van der Waals surface area contributed by atoms with Crippen LogP contribution in [0.1, 0.15) is 18.4 Å². The highest BCUT2D eigenvalue weighted by molar-refractivity contribution is 5.94. The number of rotatable bonds is 3. The van der Waals surface area contributed by atoms with Gasteiger partial charge in [-0.05, 0) is 25.0 Å². The molecule has 130 valence electrons. The Hall–Kier alpha value is -2.36. The number of hydrogen-bond donors (Lipinski definition) is 2. The Morgan fingerprint density at radius 1 is 0.960 bits per heavy atom. The number of nitrogens with one attached hydrogen (secondary N) is 2. The number of ether oxygens (including phenoxy) is 2. The van der Waals surface area contributed by atoms with Crippen molar-refractivity contribution in [1.82, 2.24) is 10.6 Å². The van der Waals surface area contributed by atoms with Gasteiger partial charge in [0.15, 0.2) is 0 Å².